The maximum atomic E-state index is 12.4. The van der Waals surface area contributed by atoms with Crippen molar-refractivity contribution in [2.45, 2.75) is 32.8 Å². The molecule has 4 rings (SSSR count). The zero-order chi connectivity index (χ0) is 23.5. The zero-order valence-electron chi connectivity index (χ0n) is 18.3. The first-order valence-electron chi connectivity index (χ1n) is 10.3. The van der Waals surface area contributed by atoms with Gasteiger partial charge < -0.3 is 29.8 Å². The van der Waals surface area contributed by atoms with Crippen LogP contribution in [0, 0.1) is 0 Å². The summed E-state index contributed by atoms with van der Waals surface area (Å²) < 4.78 is 17.3. The second kappa shape index (κ2) is 9.42. The number of aromatic carboxylic acids is 1. The molecule has 8 heteroatoms. The molecule has 0 unspecified atom stereocenters. The van der Waals surface area contributed by atoms with Gasteiger partial charge in [-0.1, -0.05) is 13.0 Å². The van der Waals surface area contributed by atoms with E-state index in [-0.39, 0.29) is 12.2 Å². The van der Waals surface area contributed by atoms with Gasteiger partial charge in [-0.05, 0) is 44.0 Å². The largest absolute Gasteiger partial charge is 0.494 e. The molecule has 1 aliphatic rings. The quantitative estimate of drug-likeness (QED) is 0.548. The van der Waals surface area contributed by atoms with Crippen molar-refractivity contribution in [2.24, 2.45) is 5.73 Å². The molecule has 1 aromatic heterocycles. The third-order valence-corrected chi connectivity index (χ3v) is 4.94. The van der Waals surface area contributed by atoms with Crippen molar-refractivity contribution in [3.8, 4) is 22.6 Å². The van der Waals surface area contributed by atoms with E-state index in [1.807, 2.05) is 39.0 Å². The van der Waals surface area contributed by atoms with Crippen LogP contribution in [0.5, 0.6) is 11.5 Å². The van der Waals surface area contributed by atoms with Gasteiger partial charge in [0.05, 0.1) is 18.6 Å². The highest BCUT2D eigenvalue weighted by Crippen LogP contribution is 2.47. The molecule has 0 bridgehead atoms. The maximum Gasteiger partial charge on any atom is 0.371 e. The Bertz CT molecular complexity index is 1190. The first-order chi connectivity index (χ1) is 15.2. The predicted molar refractivity (Wildman–Crippen MR) is 120 cm³/mol. The Morgan fingerprint density at radius 3 is 2.50 bits per heavy atom. The Morgan fingerprint density at radius 2 is 1.88 bits per heavy atom. The summed E-state index contributed by atoms with van der Waals surface area (Å²) in [4.78, 5) is 23.6. The molecule has 1 aliphatic heterocycles. The van der Waals surface area contributed by atoms with Gasteiger partial charge in [-0.15, -0.1) is 0 Å². The Kier molecular flexibility index (Phi) is 6.86. The lowest BCUT2D eigenvalue weighted by Gasteiger charge is -2.35. The summed E-state index contributed by atoms with van der Waals surface area (Å²) in [5, 5.41) is 17.2. The van der Waals surface area contributed by atoms with E-state index in [4.69, 9.17) is 29.8 Å². The third-order valence-electron chi connectivity index (χ3n) is 4.94. The number of hydrogen-bond donors (Lipinski definition) is 3. The Balaban J connectivity index is 0.000000668. The van der Waals surface area contributed by atoms with Crippen LogP contribution >= 0.6 is 0 Å². The SMILES string of the molecule is CCCOc1ccc2c(c1)C(C)(C)Oc1cc3oc(C(=O)O)cc(=O)c3cc1-2.NCCO. The van der Waals surface area contributed by atoms with Crippen molar-refractivity contribution in [2.75, 3.05) is 19.8 Å². The van der Waals surface area contributed by atoms with Gasteiger partial charge in [-0.3, -0.25) is 4.79 Å². The van der Waals surface area contributed by atoms with Crippen molar-refractivity contribution < 1.29 is 28.9 Å². The molecule has 8 nitrogen and oxygen atoms in total. The highest BCUT2D eigenvalue weighted by molar-refractivity contribution is 5.92. The van der Waals surface area contributed by atoms with Crippen LogP contribution in [-0.2, 0) is 5.60 Å². The lowest BCUT2D eigenvalue weighted by atomic mass is 9.85. The number of hydrogen-bond acceptors (Lipinski definition) is 7. The van der Waals surface area contributed by atoms with Gasteiger partial charge in [-0.25, -0.2) is 4.79 Å². The predicted octanol–water partition coefficient (Wildman–Crippen LogP) is 3.51. The number of nitrogens with two attached hydrogens (primary N) is 1. The Hall–Kier alpha value is -3.36. The van der Waals surface area contributed by atoms with E-state index < -0.39 is 22.8 Å². The van der Waals surface area contributed by atoms with Gasteiger partial charge in [0.2, 0.25) is 5.76 Å². The number of benzene rings is 2. The molecule has 0 amide bonds. The molecule has 2 heterocycles. The van der Waals surface area contributed by atoms with E-state index >= 15 is 0 Å². The highest BCUT2D eigenvalue weighted by Gasteiger charge is 2.33. The van der Waals surface area contributed by atoms with Crippen LogP contribution in [0.25, 0.3) is 22.1 Å². The molecular weight excluding hydrogens is 414 g/mol. The van der Waals surface area contributed by atoms with E-state index in [0.29, 0.717) is 24.3 Å². The molecule has 2 aromatic carbocycles. The maximum absolute atomic E-state index is 12.4. The number of aliphatic hydroxyl groups excluding tert-OH is 1. The zero-order valence-corrected chi connectivity index (χ0v) is 18.3. The van der Waals surface area contributed by atoms with Gasteiger partial charge in [0.25, 0.3) is 0 Å². The second-order valence-corrected chi connectivity index (χ2v) is 7.81. The van der Waals surface area contributed by atoms with Crippen molar-refractivity contribution in [1.29, 1.82) is 0 Å². The summed E-state index contributed by atoms with van der Waals surface area (Å²) in [6.45, 7) is 7.06. The van der Waals surface area contributed by atoms with E-state index in [0.717, 1.165) is 34.9 Å². The van der Waals surface area contributed by atoms with E-state index in [9.17, 15) is 9.59 Å². The smallest absolute Gasteiger partial charge is 0.371 e. The molecular formula is C24H27NO7. The molecule has 0 radical (unpaired) electrons. The average molecular weight is 441 g/mol. The molecule has 170 valence electrons. The van der Waals surface area contributed by atoms with Crippen molar-refractivity contribution in [3.63, 3.8) is 0 Å². The average Bonchev–Trinajstić information content (AvgIpc) is 2.76. The van der Waals surface area contributed by atoms with Crippen molar-refractivity contribution in [1.82, 2.24) is 0 Å². The molecule has 4 N–H and O–H groups in total. The summed E-state index contributed by atoms with van der Waals surface area (Å²) in [6, 6.07) is 10.1. The van der Waals surface area contributed by atoms with E-state index in [2.05, 4.69) is 0 Å². The molecule has 0 saturated carbocycles. The summed E-state index contributed by atoms with van der Waals surface area (Å²) in [7, 11) is 0. The minimum absolute atomic E-state index is 0.0972. The number of rotatable bonds is 5. The molecule has 0 atom stereocenters. The fourth-order valence-electron chi connectivity index (χ4n) is 3.48. The topological polar surface area (TPSA) is 132 Å². The van der Waals surface area contributed by atoms with Gasteiger partial charge in [0.1, 0.15) is 22.7 Å². The third kappa shape index (κ3) is 4.61. The van der Waals surface area contributed by atoms with Gasteiger partial charge in [0, 0.05) is 29.8 Å². The first-order valence-corrected chi connectivity index (χ1v) is 10.3. The van der Waals surface area contributed by atoms with Gasteiger partial charge in [-0.2, -0.15) is 0 Å². The highest BCUT2D eigenvalue weighted by atomic mass is 16.5. The minimum Gasteiger partial charge on any atom is -0.494 e. The molecule has 3 aromatic rings. The number of carboxylic acids is 1. The fourth-order valence-corrected chi connectivity index (χ4v) is 3.48. The fraction of sp³-hybridized carbons (Fsp3) is 0.333. The summed E-state index contributed by atoms with van der Waals surface area (Å²) in [5.74, 6) is -0.376. The van der Waals surface area contributed by atoms with Gasteiger partial charge in [0.15, 0.2) is 5.43 Å². The van der Waals surface area contributed by atoms with Gasteiger partial charge >= 0.3 is 5.97 Å². The molecule has 0 saturated heterocycles. The van der Waals surface area contributed by atoms with Crippen molar-refractivity contribution >= 4 is 16.9 Å². The van der Waals surface area contributed by atoms with Crippen molar-refractivity contribution in [3.05, 3.63) is 57.9 Å². The second-order valence-electron chi connectivity index (χ2n) is 7.81. The van der Waals surface area contributed by atoms with Crippen LogP contribution in [0.2, 0.25) is 0 Å². The number of aliphatic hydroxyl groups is 1. The lowest BCUT2D eigenvalue weighted by Crippen LogP contribution is -2.29. The standard InChI is InChI=1S/C22H20O6.C2H7NO/c1-4-7-26-12-5-6-13-14-9-15-17(23)10-20(21(24)25)27-18(15)11-19(14)28-22(2,3)16(13)8-12;3-1-2-4/h5-6,8-11H,4,7H2,1-3H3,(H,24,25);4H,1-3H2. The van der Waals surface area contributed by atoms with Crippen LogP contribution in [0.4, 0.5) is 0 Å². The Labute approximate surface area is 185 Å². The van der Waals surface area contributed by atoms with Crippen LogP contribution < -0.4 is 20.6 Å². The molecule has 32 heavy (non-hydrogen) atoms. The number of carbonyl (C=O) groups is 1. The summed E-state index contributed by atoms with van der Waals surface area (Å²) >= 11 is 0. The summed E-state index contributed by atoms with van der Waals surface area (Å²) in [5.41, 5.74) is 6.59. The monoisotopic (exact) mass is 441 g/mol. The number of carboxylic acid groups (broad SMARTS) is 1. The lowest BCUT2D eigenvalue weighted by molar-refractivity contribution is 0.0662. The molecule has 0 aliphatic carbocycles. The van der Waals surface area contributed by atoms with Crippen LogP contribution in [0.15, 0.2) is 45.6 Å². The molecule has 0 spiro atoms. The number of ether oxygens (including phenoxy) is 2. The van der Waals surface area contributed by atoms with Crippen LogP contribution in [-0.4, -0.2) is 35.9 Å². The first kappa shape index (κ1) is 23.3. The summed E-state index contributed by atoms with van der Waals surface area (Å²) in [6.07, 6.45) is 0.917. The van der Waals surface area contributed by atoms with Crippen LogP contribution in [0.3, 0.4) is 0 Å². The number of fused-ring (bicyclic) bond motifs is 4. The van der Waals surface area contributed by atoms with Crippen LogP contribution in [0.1, 0.15) is 43.3 Å². The molecule has 0 fully saturated rings. The van der Waals surface area contributed by atoms with E-state index in [1.54, 1.807) is 12.1 Å². The van der Waals surface area contributed by atoms with E-state index in [1.165, 1.54) is 0 Å². The minimum atomic E-state index is -1.29. The normalized spacial score (nSPS) is 13.3. The Morgan fingerprint density at radius 1 is 1.16 bits per heavy atom.